The van der Waals surface area contributed by atoms with Crippen molar-refractivity contribution in [1.82, 2.24) is 0 Å². The molecule has 0 fully saturated rings. The first-order valence-electron chi connectivity index (χ1n) is 8.98. The maximum Gasteiger partial charge on any atom is 0.416 e. The molecule has 0 aliphatic rings. The van der Waals surface area contributed by atoms with E-state index in [0.717, 1.165) is 35.5 Å². The first-order valence-corrected chi connectivity index (χ1v) is 8.98. The lowest BCUT2D eigenvalue weighted by molar-refractivity contribution is -0.137. The Bertz CT molecular complexity index is 935. The summed E-state index contributed by atoms with van der Waals surface area (Å²) in [6, 6.07) is 20.1. The Morgan fingerprint density at radius 1 is 0.759 bits per heavy atom. The summed E-state index contributed by atoms with van der Waals surface area (Å²) in [5.41, 5.74) is 3.38. The Morgan fingerprint density at radius 3 is 1.72 bits per heavy atom. The summed E-state index contributed by atoms with van der Waals surface area (Å²) < 4.78 is 42.7. The molecule has 3 aromatic rings. The van der Waals surface area contributed by atoms with Gasteiger partial charge in [-0.05, 0) is 59.7 Å². The number of ether oxygens (including phenoxy) is 1. The van der Waals surface area contributed by atoms with Gasteiger partial charge in [0, 0.05) is 19.3 Å². The number of hydrogen-bond acceptors (Lipinski definition) is 4. The average molecular weight is 399 g/mol. The molecule has 3 rings (SSSR count). The number of benzene rings is 3. The Morgan fingerprint density at radius 2 is 1.24 bits per heavy atom. The average Bonchev–Trinajstić information content (AvgIpc) is 2.73. The fourth-order valence-electron chi connectivity index (χ4n) is 2.63. The maximum absolute atomic E-state index is 12.6. The molecule has 0 spiro atoms. The first-order chi connectivity index (χ1) is 14.0. The molecule has 29 heavy (non-hydrogen) atoms. The van der Waals surface area contributed by atoms with Gasteiger partial charge in [0.25, 0.3) is 0 Å². The van der Waals surface area contributed by atoms with E-state index in [0.29, 0.717) is 18.0 Å². The molecule has 0 unspecified atom stereocenters. The van der Waals surface area contributed by atoms with Crippen molar-refractivity contribution in [1.29, 1.82) is 0 Å². The van der Waals surface area contributed by atoms with E-state index in [1.165, 1.54) is 12.1 Å². The predicted octanol–water partition coefficient (Wildman–Crippen LogP) is 6.85. The molecule has 0 amide bonds. The highest BCUT2D eigenvalue weighted by atomic mass is 19.4. The molecule has 1 N–H and O–H groups in total. The van der Waals surface area contributed by atoms with Crippen LogP contribution in [0.2, 0.25) is 0 Å². The van der Waals surface area contributed by atoms with Gasteiger partial charge in [0.05, 0.1) is 23.5 Å². The maximum atomic E-state index is 12.6. The van der Waals surface area contributed by atoms with E-state index >= 15 is 0 Å². The Balaban J connectivity index is 1.63. The molecular formula is C22H20F3N3O. The van der Waals surface area contributed by atoms with Gasteiger partial charge in [-0.1, -0.05) is 24.3 Å². The molecule has 7 heteroatoms. The lowest BCUT2D eigenvalue weighted by Gasteiger charge is -2.07. The van der Waals surface area contributed by atoms with E-state index in [4.69, 9.17) is 4.74 Å². The van der Waals surface area contributed by atoms with Crippen LogP contribution in [0.25, 0.3) is 11.1 Å². The SMILES string of the molecule is COCCNc1ccc(-c2ccc(N=Nc3ccc(C(F)(F)F)cc3)cc2)cc1. The second-order valence-electron chi connectivity index (χ2n) is 6.29. The Labute approximate surface area is 167 Å². The summed E-state index contributed by atoms with van der Waals surface area (Å²) in [4.78, 5) is 0. The standard InChI is InChI=1S/C22H20F3N3O/c1-29-15-14-26-19-8-2-16(3-9-19)17-4-10-20(11-5-17)27-28-21-12-6-18(7-13-21)22(23,24)25/h2-13,26H,14-15H2,1H3. The van der Waals surface area contributed by atoms with E-state index in [-0.39, 0.29) is 0 Å². The number of azo groups is 1. The number of halogens is 3. The number of methoxy groups -OCH3 is 1. The molecule has 0 saturated carbocycles. The predicted molar refractivity (Wildman–Crippen MR) is 108 cm³/mol. The second-order valence-corrected chi connectivity index (χ2v) is 6.29. The van der Waals surface area contributed by atoms with Crippen LogP contribution in [-0.2, 0) is 10.9 Å². The van der Waals surface area contributed by atoms with E-state index < -0.39 is 11.7 Å². The van der Waals surface area contributed by atoms with E-state index in [9.17, 15) is 13.2 Å². The molecule has 0 aliphatic carbocycles. The molecule has 0 saturated heterocycles. The number of hydrogen-bond donors (Lipinski definition) is 1. The number of anilines is 1. The van der Waals surface area contributed by atoms with Gasteiger partial charge in [-0.15, -0.1) is 0 Å². The zero-order valence-corrected chi connectivity index (χ0v) is 15.8. The van der Waals surface area contributed by atoms with Gasteiger partial charge in [-0.2, -0.15) is 23.4 Å². The van der Waals surface area contributed by atoms with Crippen LogP contribution < -0.4 is 5.32 Å². The van der Waals surface area contributed by atoms with Crippen molar-refractivity contribution in [3.05, 3.63) is 78.4 Å². The molecule has 0 atom stereocenters. The quantitative estimate of drug-likeness (QED) is 0.349. The summed E-state index contributed by atoms with van der Waals surface area (Å²) in [6.07, 6.45) is -4.36. The highest BCUT2D eigenvalue weighted by Crippen LogP contribution is 2.31. The first kappa shape index (κ1) is 20.5. The molecule has 3 aromatic carbocycles. The van der Waals surface area contributed by atoms with Crippen molar-refractivity contribution in [2.24, 2.45) is 10.2 Å². The van der Waals surface area contributed by atoms with Crippen LogP contribution in [0.4, 0.5) is 30.2 Å². The largest absolute Gasteiger partial charge is 0.416 e. The zero-order valence-electron chi connectivity index (χ0n) is 15.8. The van der Waals surface area contributed by atoms with Crippen molar-refractivity contribution in [2.45, 2.75) is 6.18 Å². The second kappa shape index (κ2) is 9.34. The normalized spacial score (nSPS) is 11.7. The minimum absolute atomic E-state index is 0.360. The Hall–Kier alpha value is -3.19. The molecule has 4 nitrogen and oxygen atoms in total. The van der Waals surface area contributed by atoms with Crippen LogP contribution in [0.1, 0.15) is 5.56 Å². The number of rotatable bonds is 7. The minimum atomic E-state index is -4.36. The van der Waals surface area contributed by atoms with Crippen molar-refractivity contribution in [2.75, 3.05) is 25.6 Å². The van der Waals surface area contributed by atoms with E-state index in [2.05, 4.69) is 15.5 Å². The smallest absolute Gasteiger partial charge is 0.383 e. The van der Waals surface area contributed by atoms with Gasteiger partial charge < -0.3 is 10.1 Å². The van der Waals surface area contributed by atoms with Crippen LogP contribution in [0, 0.1) is 0 Å². The highest BCUT2D eigenvalue weighted by molar-refractivity contribution is 5.67. The molecule has 150 valence electrons. The van der Waals surface area contributed by atoms with Crippen LogP contribution in [0.5, 0.6) is 0 Å². The molecule has 0 bridgehead atoms. The van der Waals surface area contributed by atoms with Crippen LogP contribution >= 0.6 is 0 Å². The van der Waals surface area contributed by atoms with Crippen molar-refractivity contribution in [3.8, 4) is 11.1 Å². The van der Waals surface area contributed by atoms with Gasteiger partial charge in [-0.25, -0.2) is 0 Å². The fraction of sp³-hybridized carbons (Fsp3) is 0.182. The highest BCUT2D eigenvalue weighted by Gasteiger charge is 2.29. The molecule has 0 radical (unpaired) electrons. The van der Waals surface area contributed by atoms with Gasteiger partial charge in [-0.3, -0.25) is 0 Å². The molecule has 0 aromatic heterocycles. The number of nitrogens with zero attached hydrogens (tertiary/aromatic N) is 2. The fourth-order valence-corrected chi connectivity index (χ4v) is 2.63. The lowest BCUT2D eigenvalue weighted by atomic mass is 10.1. The zero-order chi connectivity index (χ0) is 20.7. The lowest BCUT2D eigenvalue weighted by Crippen LogP contribution is -2.07. The van der Waals surface area contributed by atoms with E-state index in [1.54, 1.807) is 7.11 Å². The summed E-state index contributed by atoms with van der Waals surface area (Å²) >= 11 is 0. The topological polar surface area (TPSA) is 46.0 Å². The third kappa shape index (κ3) is 5.89. The Kier molecular flexibility index (Phi) is 6.61. The minimum Gasteiger partial charge on any atom is -0.383 e. The van der Waals surface area contributed by atoms with Crippen LogP contribution in [0.15, 0.2) is 83.0 Å². The summed E-state index contributed by atoms with van der Waals surface area (Å²) in [5.74, 6) is 0. The molecular weight excluding hydrogens is 379 g/mol. The van der Waals surface area contributed by atoms with Crippen molar-refractivity contribution in [3.63, 3.8) is 0 Å². The van der Waals surface area contributed by atoms with Gasteiger partial charge in [0.2, 0.25) is 0 Å². The summed E-state index contributed by atoms with van der Waals surface area (Å²) in [6.45, 7) is 1.39. The van der Waals surface area contributed by atoms with Gasteiger partial charge in [0.1, 0.15) is 0 Å². The van der Waals surface area contributed by atoms with Crippen LogP contribution in [0.3, 0.4) is 0 Å². The third-order valence-electron chi connectivity index (χ3n) is 4.20. The van der Waals surface area contributed by atoms with Crippen molar-refractivity contribution >= 4 is 17.1 Å². The van der Waals surface area contributed by atoms with E-state index in [1.807, 2.05) is 48.5 Å². The van der Waals surface area contributed by atoms with Gasteiger partial charge in [0.15, 0.2) is 0 Å². The monoisotopic (exact) mass is 399 g/mol. The van der Waals surface area contributed by atoms with Crippen molar-refractivity contribution < 1.29 is 17.9 Å². The summed E-state index contributed by atoms with van der Waals surface area (Å²) in [5, 5.41) is 11.3. The third-order valence-corrected chi connectivity index (χ3v) is 4.20. The van der Waals surface area contributed by atoms with Gasteiger partial charge >= 0.3 is 6.18 Å². The summed E-state index contributed by atoms with van der Waals surface area (Å²) in [7, 11) is 1.66. The molecule has 0 heterocycles. The van der Waals surface area contributed by atoms with Crippen LogP contribution in [-0.4, -0.2) is 20.3 Å². The number of alkyl halides is 3. The molecule has 0 aliphatic heterocycles. The number of nitrogens with one attached hydrogen (secondary N) is 1.